The topological polar surface area (TPSA) is 72.0 Å². The number of thiazole rings is 1. The van der Waals surface area contributed by atoms with Gasteiger partial charge in [0.15, 0.2) is 0 Å². The van der Waals surface area contributed by atoms with E-state index in [9.17, 15) is 4.39 Å². The molecular formula is C22H20FN5OS. The largest absolute Gasteiger partial charge is 0.490 e. The summed E-state index contributed by atoms with van der Waals surface area (Å²) in [4.78, 5) is 13.5. The molecule has 0 atom stereocenters. The molecule has 4 aromatic rings. The minimum Gasteiger partial charge on any atom is -0.490 e. The summed E-state index contributed by atoms with van der Waals surface area (Å²) in [7, 11) is 0. The molecule has 2 aromatic carbocycles. The first-order valence-electron chi connectivity index (χ1n) is 9.84. The van der Waals surface area contributed by atoms with Crippen molar-refractivity contribution in [3.8, 4) is 17.0 Å². The highest BCUT2D eigenvalue weighted by Crippen LogP contribution is 2.35. The molecule has 3 heterocycles. The summed E-state index contributed by atoms with van der Waals surface area (Å²) in [5.74, 6) is 0.865. The van der Waals surface area contributed by atoms with Crippen molar-refractivity contribution in [1.29, 1.82) is 0 Å². The van der Waals surface area contributed by atoms with Gasteiger partial charge in [0.2, 0.25) is 5.95 Å². The number of hydrogen-bond donors (Lipinski definition) is 2. The van der Waals surface area contributed by atoms with Gasteiger partial charge in [-0.2, -0.15) is 0 Å². The van der Waals surface area contributed by atoms with Crippen LogP contribution in [0.3, 0.4) is 0 Å². The molecule has 0 unspecified atom stereocenters. The Bertz CT molecular complexity index is 1160. The molecule has 30 heavy (non-hydrogen) atoms. The second-order valence-electron chi connectivity index (χ2n) is 7.18. The number of ether oxygens (including phenoxy) is 1. The van der Waals surface area contributed by atoms with Crippen LogP contribution >= 0.6 is 11.3 Å². The minimum absolute atomic E-state index is 0.160. The van der Waals surface area contributed by atoms with Crippen molar-refractivity contribution in [3.63, 3.8) is 0 Å². The Hall–Kier alpha value is -3.10. The monoisotopic (exact) mass is 421 g/mol. The lowest BCUT2D eigenvalue weighted by Gasteiger charge is -2.25. The van der Waals surface area contributed by atoms with Gasteiger partial charge in [0.1, 0.15) is 17.7 Å². The molecule has 0 amide bonds. The van der Waals surface area contributed by atoms with Gasteiger partial charge in [-0.05, 0) is 50.2 Å². The van der Waals surface area contributed by atoms with Crippen molar-refractivity contribution < 1.29 is 9.13 Å². The minimum atomic E-state index is -0.314. The van der Waals surface area contributed by atoms with E-state index in [1.54, 1.807) is 29.7 Å². The lowest BCUT2D eigenvalue weighted by molar-refractivity contribution is 0.163. The summed E-state index contributed by atoms with van der Waals surface area (Å²) < 4.78 is 19.9. The third-order valence-electron chi connectivity index (χ3n) is 5.05. The molecule has 6 nitrogen and oxygen atoms in total. The SMILES string of the molecule is Fc1cccc(Nc2ncc3cc(-c4cscn4)c(OC4CCNCC4)cc3n2)c1. The predicted molar refractivity (Wildman–Crippen MR) is 117 cm³/mol. The lowest BCUT2D eigenvalue weighted by Crippen LogP contribution is -2.34. The maximum atomic E-state index is 13.5. The zero-order valence-corrected chi connectivity index (χ0v) is 17.0. The van der Waals surface area contributed by atoms with Crippen LogP contribution in [0, 0.1) is 5.82 Å². The fourth-order valence-corrected chi connectivity index (χ4v) is 4.10. The summed E-state index contributed by atoms with van der Waals surface area (Å²) in [5, 5.41) is 9.32. The Morgan fingerprint density at radius 2 is 2.03 bits per heavy atom. The van der Waals surface area contributed by atoms with Gasteiger partial charge in [-0.25, -0.2) is 19.3 Å². The van der Waals surface area contributed by atoms with Gasteiger partial charge in [0, 0.05) is 34.3 Å². The Morgan fingerprint density at radius 3 is 2.83 bits per heavy atom. The highest BCUT2D eigenvalue weighted by atomic mass is 32.1. The summed E-state index contributed by atoms with van der Waals surface area (Å²) >= 11 is 1.55. The predicted octanol–water partition coefficient (Wildman–Crippen LogP) is 4.77. The zero-order valence-electron chi connectivity index (χ0n) is 16.1. The fourth-order valence-electron chi connectivity index (χ4n) is 3.55. The number of hydrogen-bond acceptors (Lipinski definition) is 7. The van der Waals surface area contributed by atoms with E-state index < -0.39 is 0 Å². The van der Waals surface area contributed by atoms with Crippen LogP contribution in [-0.4, -0.2) is 34.1 Å². The molecule has 0 bridgehead atoms. The van der Waals surface area contributed by atoms with Crippen LogP contribution in [0.4, 0.5) is 16.0 Å². The van der Waals surface area contributed by atoms with Gasteiger partial charge >= 0.3 is 0 Å². The second kappa shape index (κ2) is 8.33. The van der Waals surface area contributed by atoms with Crippen LogP contribution in [0.15, 0.2) is 53.5 Å². The molecule has 2 aromatic heterocycles. The molecule has 0 aliphatic carbocycles. The number of halogens is 1. The molecule has 8 heteroatoms. The van der Waals surface area contributed by atoms with Crippen molar-refractivity contribution in [1.82, 2.24) is 20.3 Å². The van der Waals surface area contributed by atoms with Gasteiger partial charge in [0.05, 0.1) is 16.7 Å². The van der Waals surface area contributed by atoms with E-state index >= 15 is 0 Å². The van der Waals surface area contributed by atoms with E-state index in [1.165, 1.54) is 12.1 Å². The van der Waals surface area contributed by atoms with E-state index in [1.807, 2.05) is 23.0 Å². The third kappa shape index (κ3) is 4.10. The molecule has 1 aliphatic rings. The van der Waals surface area contributed by atoms with Gasteiger partial charge < -0.3 is 15.4 Å². The van der Waals surface area contributed by atoms with Crippen molar-refractivity contribution >= 4 is 33.9 Å². The van der Waals surface area contributed by atoms with Crippen LogP contribution in [0.25, 0.3) is 22.2 Å². The normalized spacial score (nSPS) is 14.7. The van der Waals surface area contributed by atoms with Crippen LogP contribution < -0.4 is 15.4 Å². The Morgan fingerprint density at radius 1 is 1.13 bits per heavy atom. The van der Waals surface area contributed by atoms with Crippen molar-refractivity contribution in [2.45, 2.75) is 18.9 Å². The third-order valence-corrected chi connectivity index (χ3v) is 5.64. The smallest absolute Gasteiger partial charge is 0.227 e. The second-order valence-corrected chi connectivity index (χ2v) is 7.90. The lowest BCUT2D eigenvalue weighted by atomic mass is 10.1. The van der Waals surface area contributed by atoms with Crippen molar-refractivity contribution in [2.75, 3.05) is 18.4 Å². The van der Waals surface area contributed by atoms with Gasteiger partial charge in [-0.1, -0.05) is 6.07 Å². The van der Waals surface area contributed by atoms with Gasteiger partial charge in [-0.3, -0.25) is 0 Å². The average molecular weight is 422 g/mol. The number of rotatable bonds is 5. The molecule has 0 radical (unpaired) electrons. The number of piperidine rings is 1. The Labute approximate surface area is 177 Å². The summed E-state index contributed by atoms with van der Waals surface area (Å²) in [6.45, 7) is 1.91. The number of nitrogens with zero attached hydrogens (tertiary/aromatic N) is 3. The fraction of sp³-hybridized carbons (Fsp3) is 0.227. The van der Waals surface area contributed by atoms with E-state index in [0.717, 1.165) is 53.8 Å². The highest BCUT2D eigenvalue weighted by molar-refractivity contribution is 7.07. The van der Waals surface area contributed by atoms with Crippen molar-refractivity contribution in [2.24, 2.45) is 0 Å². The Balaban J connectivity index is 1.52. The Kier molecular flexibility index (Phi) is 5.25. The maximum Gasteiger partial charge on any atom is 0.227 e. The number of aromatic nitrogens is 3. The first-order chi connectivity index (χ1) is 14.7. The molecule has 0 saturated carbocycles. The molecule has 1 saturated heterocycles. The average Bonchev–Trinajstić information content (AvgIpc) is 3.29. The number of benzene rings is 2. The van der Waals surface area contributed by atoms with Gasteiger partial charge in [0.25, 0.3) is 0 Å². The molecule has 152 valence electrons. The maximum absolute atomic E-state index is 13.5. The van der Waals surface area contributed by atoms with Crippen LogP contribution in [0.1, 0.15) is 12.8 Å². The standard InChI is InChI=1S/C22H20FN5OS/c23-15-2-1-3-16(9-15)27-22-25-11-14-8-18(20-12-30-13-26-20)21(10-19(14)28-22)29-17-4-6-24-7-5-17/h1-3,8-13,17,24H,4-7H2,(H,25,27,28). The van der Waals surface area contributed by atoms with Crippen LogP contribution in [-0.2, 0) is 0 Å². The summed E-state index contributed by atoms with van der Waals surface area (Å²) in [6, 6.07) is 10.2. The number of nitrogens with one attached hydrogen (secondary N) is 2. The summed E-state index contributed by atoms with van der Waals surface area (Å²) in [6.07, 6.45) is 3.84. The van der Waals surface area contributed by atoms with Gasteiger partial charge in [-0.15, -0.1) is 11.3 Å². The highest BCUT2D eigenvalue weighted by Gasteiger charge is 2.19. The van der Waals surface area contributed by atoms with Crippen LogP contribution in [0.2, 0.25) is 0 Å². The van der Waals surface area contributed by atoms with E-state index in [2.05, 4.69) is 25.6 Å². The number of anilines is 2. The van der Waals surface area contributed by atoms with E-state index in [0.29, 0.717) is 11.6 Å². The first-order valence-corrected chi connectivity index (χ1v) is 10.8. The molecule has 1 fully saturated rings. The zero-order chi connectivity index (χ0) is 20.3. The van der Waals surface area contributed by atoms with E-state index in [4.69, 9.17) is 4.74 Å². The molecular weight excluding hydrogens is 401 g/mol. The van der Waals surface area contributed by atoms with Crippen LogP contribution in [0.5, 0.6) is 5.75 Å². The molecule has 1 aliphatic heterocycles. The quantitative estimate of drug-likeness (QED) is 0.484. The first kappa shape index (κ1) is 18.9. The molecule has 0 spiro atoms. The number of fused-ring (bicyclic) bond motifs is 1. The van der Waals surface area contributed by atoms with Crippen molar-refractivity contribution in [3.05, 3.63) is 59.3 Å². The molecule has 5 rings (SSSR count). The van der Waals surface area contributed by atoms with E-state index in [-0.39, 0.29) is 11.9 Å². The summed E-state index contributed by atoms with van der Waals surface area (Å²) in [5.41, 5.74) is 4.99. The molecule has 2 N–H and O–H groups in total.